The van der Waals surface area contributed by atoms with Crippen molar-refractivity contribution >= 4 is 17.3 Å². The number of para-hydroxylation sites is 1. The molecule has 4 heteroatoms. The molecule has 25 heavy (non-hydrogen) atoms. The molecule has 2 aromatic rings. The van der Waals surface area contributed by atoms with E-state index in [1.54, 1.807) is 14.2 Å². The Morgan fingerprint density at radius 2 is 1.96 bits per heavy atom. The summed E-state index contributed by atoms with van der Waals surface area (Å²) in [5.74, 6) is 2.38. The lowest BCUT2D eigenvalue weighted by Crippen LogP contribution is -2.30. The molecular formula is C21H22ClNO2. The SMILES string of the molecule is COc1cccc([C@@H]2Nc3c(C)cc(Cl)cc3[C@@H]3C=CC[C@H]32)c1OC. The first-order valence-electron chi connectivity index (χ1n) is 8.58. The molecule has 0 unspecified atom stereocenters. The third kappa shape index (κ3) is 2.58. The van der Waals surface area contributed by atoms with Gasteiger partial charge in [-0.3, -0.25) is 0 Å². The third-order valence-electron chi connectivity index (χ3n) is 5.40. The molecule has 0 radical (unpaired) electrons. The zero-order valence-electron chi connectivity index (χ0n) is 14.7. The summed E-state index contributed by atoms with van der Waals surface area (Å²) >= 11 is 6.32. The number of aryl methyl sites for hydroxylation is 1. The van der Waals surface area contributed by atoms with Gasteiger partial charge in [-0.15, -0.1) is 0 Å². The van der Waals surface area contributed by atoms with Crippen molar-refractivity contribution in [3.63, 3.8) is 0 Å². The van der Waals surface area contributed by atoms with Crippen molar-refractivity contribution in [2.45, 2.75) is 25.3 Å². The summed E-state index contributed by atoms with van der Waals surface area (Å²) in [7, 11) is 3.38. The molecule has 1 aliphatic carbocycles. The molecule has 0 bridgehead atoms. The molecule has 3 atom stereocenters. The van der Waals surface area contributed by atoms with Gasteiger partial charge in [0.1, 0.15) is 0 Å². The third-order valence-corrected chi connectivity index (χ3v) is 5.62. The first-order chi connectivity index (χ1) is 12.1. The largest absolute Gasteiger partial charge is 0.493 e. The number of benzene rings is 2. The second-order valence-corrected chi connectivity index (χ2v) is 7.18. The molecule has 3 nitrogen and oxygen atoms in total. The Bertz CT molecular complexity index is 846. The van der Waals surface area contributed by atoms with E-state index in [1.165, 1.54) is 16.8 Å². The van der Waals surface area contributed by atoms with Gasteiger partial charge in [-0.25, -0.2) is 0 Å². The maximum Gasteiger partial charge on any atom is 0.165 e. The lowest BCUT2D eigenvalue weighted by atomic mass is 9.76. The predicted octanol–water partition coefficient (Wildman–Crippen LogP) is 5.49. The molecule has 1 N–H and O–H groups in total. The molecular weight excluding hydrogens is 334 g/mol. The van der Waals surface area contributed by atoms with E-state index in [-0.39, 0.29) is 6.04 Å². The molecule has 2 aliphatic rings. The highest BCUT2D eigenvalue weighted by Gasteiger charge is 2.40. The molecule has 0 saturated heterocycles. The van der Waals surface area contributed by atoms with Gasteiger partial charge in [-0.05, 0) is 48.6 Å². The van der Waals surface area contributed by atoms with Crippen molar-refractivity contribution in [2.24, 2.45) is 5.92 Å². The summed E-state index contributed by atoms with van der Waals surface area (Å²) in [6.45, 7) is 2.11. The van der Waals surface area contributed by atoms with Crippen LogP contribution in [0.1, 0.15) is 35.1 Å². The predicted molar refractivity (Wildman–Crippen MR) is 102 cm³/mol. The number of rotatable bonds is 3. The van der Waals surface area contributed by atoms with Gasteiger partial charge in [-0.2, -0.15) is 0 Å². The van der Waals surface area contributed by atoms with Crippen molar-refractivity contribution in [2.75, 3.05) is 19.5 Å². The van der Waals surface area contributed by atoms with E-state index >= 15 is 0 Å². The van der Waals surface area contributed by atoms with Crippen LogP contribution in [0.2, 0.25) is 5.02 Å². The van der Waals surface area contributed by atoms with E-state index in [0.29, 0.717) is 11.8 Å². The van der Waals surface area contributed by atoms with Crippen LogP contribution in [-0.2, 0) is 0 Å². The lowest BCUT2D eigenvalue weighted by Gasteiger charge is -2.39. The van der Waals surface area contributed by atoms with Crippen LogP contribution in [0.15, 0.2) is 42.5 Å². The second-order valence-electron chi connectivity index (χ2n) is 6.75. The Balaban J connectivity index is 1.85. The number of methoxy groups -OCH3 is 2. The normalized spacial score (nSPS) is 23.6. The van der Waals surface area contributed by atoms with Crippen LogP contribution in [0.5, 0.6) is 11.5 Å². The molecule has 0 amide bonds. The fourth-order valence-corrected chi connectivity index (χ4v) is 4.59. The molecule has 0 saturated carbocycles. The number of halogens is 1. The number of anilines is 1. The fraction of sp³-hybridized carbons (Fsp3) is 0.333. The number of hydrogen-bond acceptors (Lipinski definition) is 3. The highest BCUT2D eigenvalue weighted by Crippen LogP contribution is 2.53. The topological polar surface area (TPSA) is 30.5 Å². The lowest BCUT2D eigenvalue weighted by molar-refractivity contribution is 0.341. The quantitative estimate of drug-likeness (QED) is 0.738. The van der Waals surface area contributed by atoms with Gasteiger partial charge in [0.05, 0.1) is 20.3 Å². The van der Waals surface area contributed by atoms with E-state index in [2.05, 4.69) is 36.5 Å². The van der Waals surface area contributed by atoms with Crippen LogP contribution < -0.4 is 14.8 Å². The van der Waals surface area contributed by atoms with Gasteiger partial charge in [0.25, 0.3) is 0 Å². The average molecular weight is 356 g/mol. The first-order valence-corrected chi connectivity index (χ1v) is 8.96. The Labute approximate surface area is 153 Å². The van der Waals surface area contributed by atoms with Gasteiger partial charge in [0.15, 0.2) is 11.5 Å². The number of allylic oxidation sites excluding steroid dienone is 2. The molecule has 2 aromatic carbocycles. The monoisotopic (exact) mass is 355 g/mol. The number of nitrogens with one attached hydrogen (secondary N) is 1. The van der Waals surface area contributed by atoms with Crippen molar-refractivity contribution < 1.29 is 9.47 Å². The van der Waals surface area contributed by atoms with E-state index in [0.717, 1.165) is 28.5 Å². The Hall–Kier alpha value is -2.13. The highest BCUT2D eigenvalue weighted by atomic mass is 35.5. The number of fused-ring (bicyclic) bond motifs is 3. The minimum absolute atomic E-state index is 0.164. The standard InChI is InChI=1S/C21H22ClNO2/c1-12-10-13(22)11-17-14-6-4-7-15(14)20(23-19(12)17)16-8-5-9-18(24-2)21(16)25-3/h4-6,8-11,14-15,20,23H,7H2,1-3H3/t14-,15-,20-/m1/s1. The van der Waals surface area contributed by atoms with Gasteiger partial charge in [0, 0.05) is 22.2 Å². The molecule has 1 aliphatic heterocycles. The van der Waals surface area contributed by atoms with Crippen LogP contribution in [0.4, 0.5) is 5.69 Å². The first kappa shape index (κ1) is 16.3. The summed E-state index contributed by atoms with van der Waals surface area (Å²) in [5.41, 5.74) is 4.79. The van der Waals surface area contributed by atoms with Crippen molar-refractivity contribution in [1.29, 1.82) is 0 Å². The van der Waals surface area contributed by atoms with Gasteiger partial charge in [0.2, 0.25) is 0 Å². The number of hydrogen-bond donors (Lipinski definition) is 1. The molecule has 130 valence electrons. The molecule has 0 spiro atoms. The van der Waals surface area contributed by atoms with Crippen molar-refractivity contribution in [1.82, 2.24) is 0 Å². The van der Waals surface area contributed by atoms with Crippen LogP contribution >= 0.6 is 11.6 Å². The van der Waals surface area contributed by atoms with E-state index in [4.69, 9.17) is 21.1 Å². The summed E-state index contributed by atoms with van der Waals surface area (Å²) in [6, 6.07) is 10.4. The maximum atomic E-state index is 6.32. The minimum atomic E-state index is 0.164. The van der Waals surface area contributed by atoms with Crippen molar-refractivity contribution in [3.05, 3.63) is 64.2 Å². The average Bonchev–Trinajstić information content (AvgIpc) is 3.10. The Morgan fingerprint density at radius 3 is 2.72 bits per heavy atom. The summed E-state index contributed by atoms with van der Waals surface area (Å²) in [6.07, 6.45) is 5.63. The van der Waals surface area contributed by atoms with Crippen LogP contribution in [0.25, 0.3) is 0 Å². The van der Waals surface area contributed by atoms with Crippen LogP contribution in [0, 0.1) is 12.8 Å². The number of ether oxygens (including phenoxy) is 2. The maximum absolute atomic E-state index is 6.32. The van der Waals surface area contributed by atoms with Gasteiger partial charge < -0.3 is 14.8 Å². The van der Waals surface area contributed by atoms with E-state index < -0.39 is 0 Å². The molecule has 4 rings (SSSR count). The van der Waals surface area contributed by atoms with Gasteiger partial charge >= 0.3 is 0 Å². The molecule has 1 heterocycles. The molecule has 0 fully saturated rings. The Kier molecular flexibility index (Phi) is 4.12. The van der Waals surface area contributed by atoms with Crippen molar-refractivity contribution in [3.8, 4) is 11.5 Å². The Morgan fingerprint density at radius 1 is 1.12 bits per heavy atom. The summed E-state index contributed by atoms with van der Waals surface area (Å²) in [5, 5.41) is 4.57. The van der Waals surface area contributed by atoms with E-state index in [9.17, 15) is 0 Å². The summed E-state index contributed by atoms with van der Waals surface area (Å²) in [4.78, 5) is 0. The zero-order chi connectivity index (χ0) is 17.6. The van der Waals surface area contributed by atoms with Crippen LogP contribution in [0.3, 0.4) is 0 Å². The minimum Gasteiger partial charge on any atom is -0.493 e. The smallest absolute Gasteiger partial charge is 0.165 e. The molecule has 0 aromatic heterocycles. The summed E-state index contributed by atoms with van der Waals surface area (Å²) < 4.78 is 11.2. The highest BCUT2D eigenvalue weighted by molar-refractivity contribution is 6.30. The second kappa shape index (κ2) is 6.30. The van der Waals surface area contributed by atoms with Crippen LogP contribution in [-0.4, -0.2) is 14.2 Å². The van der Waals surface area contributed by atoms with Gasteiger partial charge in [-0.1, -0.05) is 35.9 Å². The zero-order valence-corrected chi connectivity index (χ0v) is 15.4. The fourth-order valence-electron chi connectivity index (χ4n) is 4.31. The van der Waals surface area contributed by atoms with E-state index in [1.807, 2.05) is 18.2 Å².